The van der Waals surface area contributed by atoms with Gasteiger partial charge in [-0.15, -0.1) is 0 Å². The first-order chi connectivity index (χ1) is 10.8. The summed E-state index contributed by atoms with van der Waals surface area (Å²) in [5.74, 6) is 0.926. The normalized spacial score (nSPS) is 17.0. The van der Waals surface area contributed by atoms with Crippen molar-refractivity contribution in [3.05, 3.63) is 54.1 Å². The summed E-state index contributed by atoms with van der Waals surface area (Å²) in [4.78, 5) is 0. The Balaban J connectivity index is 1.65. The van der Waals surface area contributed by atoms with Gasteiger partial charge in [-0.1, -0.05) is 36.4 Å². The highest BCUT2D eigenvalue weighted by atomic mass is 16.5. The van der Waals surface area contributed by atoms with Gasteiger partial charge in [-0.25, -0.2) is 0 Å². The number of nitrogens with one attached hydrogen (secondary N) is 1. The fourth-order valence-corrected chi connectivity index (χ4v) is 2.60. The molecule has 0 radical (unpaired) electrons. The molecule has 116 valence electrons. The first-order valence-electron chi connectivity index (χ1n) is 8.01. The Labute approximate surface area is 131 Å². The van der Waals surface area contributed by atoms with Gasteiger partial charge < -0.3 is 15.2 Å². The highest BCUT2D eigenvalue weighted by Crippen LogP contribution is 2.24. The average molecular weight is 297 g/mol. The molecule has 1 aliphatic heterocycles. The van der Waals surface area contributed by atoms with Crippen LogP contribution in [0.1, 0.15) is 18.4 Å². The highest BCUT2D eigenvalue weighted by molar-refractivity contribution is 5.65. The third kappa shape index (κ3) is 3.87. The number of hydrogen-bond acceptors (Lipinski definition) is 3. The summed E-state index contributed by atoms with van der Waals surface area (Å²) >= 11 is 0. The van der Waals surface area contributed by atoms with E-state index in [0.717, 1.165) is 31.7 Å². The first-order valence-corrected chi connectivity index (χ1v) is 8.01. The van der Waals surface area contributed by atoms with Crippen molar-refractivity contribution in [2.45, 2.75) is 25.3 Å². The molecule has 0 unspecified atom stereocenters. The molecule has 2 N–H and O–H groups in total. The third-order valence-corrected chi connectivity index (χ3v) is 4.12. The summed E-state index contributed by atoms with van der Waals surface area (Å²) in [6.07, 6.45) is 2.95. The molecule has 1 saturated heterocycles. The van der Waals surface area contributed by atoms with E-state index < -0.39 is 0 Å². The zero-order valence-electron chi connectivity index (χ0n) is 12.8. The predicted octanol–water partition coefficient (Wildman–Crippen LogP) is 3.02. The highest BCUT2D eigenvalue weighted by Gasteiger charge is 2.16. The Hall–Kier alpha value is -1.84. The van der Waals surface area contributed by atoms with Crippen LogP contribution in [0.5, 0.6) is 5.75 Å². The van der Waals surface area contributed by atoms with Crippen LogP contribution in [-0.2, 0) is 6.42 Å². The van der Waals surface area contributed by atoms with Gasteiger partial charge in [0, 0.05) is 12.6 Å². The lowest BCUT2D eigenvalue weighted by molar-refractivity contribution is 0.217. The van der Waals surface area contributed by atoms with Gasteiger partial charge in [-0.3, -0.25) is 0 Å². The maximum atomic E-state index is 8.88. The van der Waals surface area contributed by atoms with Gasteiger partial charge in [0.05, 0.1) is 0 Å². The summed E-state index contributed by atoms with van der Waals surface area (Å²) in [5.41, 5.74) is 3.63. The molecule has 3 rings (SSSR count). The molecule has 2 aromatic rings. The van der Waals surface area contributed by atoms with Gasteiger partial charge in [-0.2, -0.15) is 0 Å². The van der Waals surface area contributed by atoms with Crippen LogP contribution in [-0.4, -0.2) is 30.9 Å². The minimum Gasteiger partial charge on any atom is -0.492 e. The van der Waals surface area contributed by atoms with E-state index in [0.29, 0.717) is 6.04 Å². The molecule has 22 heavy (non-hydrogen) atoms. The molecule has 0 saturated carbocycles. The summed E-state index contributed by atoms with van der Waals surface area (Å²) in [6.45, 7) is 2.09. The van der Waals surface area contributed by atoms with Crippen molar-refractivity contribution in [2.75, 3.05) is 19.8 Å². The van der Waals surface area contributed by atoms with E-state index >= 15 is 0 Å². The Morgan fingerprint density at radius 2 is 1.91 bits per heavy atom. The number of rotatable bonds is 7. The van der Waals surface area contributed by atoms with Crippen molar-refractivity contribution in [3.8, 4) is 16.9 Å². The first kappa shape index (κ1) is 15.1. The molecule has 0 spiro atoms. The standard InChI is InChI=1S/C19H23NO2/c21-12-2-3-15-6-8-16(9-7-15)17-4-1-5-19(13-17)22-14-18-10-11-20-18/h1,4-9,13,18,20-21H,2-3,10-12,14H2/t18-/m0/s1. The quantitative estimate of drug-likeness (QED) is 0.825. The second-order valence-electron chi connectivity index (χ2n) is 5.80. The van der Waals surface area contributed by atoms with Gasteiger partial charge in [0.15, 0.2) is 0 Å². The van der Waals surface area contributed by atoms with Crippen molar-refractivity contribution in [2.24, 2.45) is 0 Å². The van der Waals surface area contributed by atoms with Gasteiger partial charge in [0.1, 0.15) is 12.4 Å². The van der Waals surface area contributed by atoms with E-state index in [1.54, 1.807) is 0 Å². The monoisotopic (exact) mass is 297 g/mol. The minimum absolute atomic E-state index is 0.247. The lowest BCUT2D eigenvalue weighted by Crippen LogP contribution is -2.46. The topological polar surface area (TPSA) is 41.5 Å². The van der Waals surface area contributed by atoms with E-state index in [2.05, 4.69) is 41.7 Å². The average Bonchev–Trinajstić information content (AvgIpc) is 2.52. The van der Waals surface area contributed by atoms with E-state index in [9.17, 15) is 0 Å². The number of hydrogen-bond donors (Lipinski definition) is 2. The van der Waals surface area contributed by atoms with Crippen molar-refractivity contribution in [1.29, 1.82) is 0 Å². The largest absolute Gasteiger partial charge is 0.492 e. The van der Waals surface area contributed by atoms with E-state index in [-0.39, 0.29) is 6.61 Å². The van der Waals surface area contributed by atoms with Gasteiger partial charge >= 0.3 is 0 Å². The molecular formula is C19H23NO2. The molecule has 1 aliphatic rings. The fourth-order valence-electron chi connectivity index (χ4n) is 2.60. The fraction of sp³-hybridized carbons (Fsp3) is 0.368. The number of aliphatic hydroxyl groups excluding tert-OH is 1. The third-order valence-electron chi connectivity index (χ3n) is 4.12. The summed E-state index contributed by atoms with van der Waals surface area (Å²) in [7, 11) is 0. The molecular weight excluding hydrogens is 274 g/mol. The number of aryl methyl sites for hydroxylation is 1. The number of aliphatic hydroxyl groups is 1. The van der Waals surface area contributed by atoms with Crippen LogP contribution in [0.4, 0.5) is 0 Å². The van der Waals surface area contributed by atoms with Crippen LogP contribution >= 0.6 is 0 Å². The molecule has 0 amide bonds. The lowest BCUT2D eigenvalue weighted by Gasteiger charge is -2.27. The van der Waals surface area contributed by atoms with Crippen molar-refractivity contribution in [1.82, 2.24) is 5.32 Å². The second-order valence-corrected chi connectivity index (χ2v) is 5.80. The zero-order chi connectivity index (χ0) is 15.2. The summed E-state index contributed by atoms with van der Waals surface area (Å²) < 4.78 is 5.86. The van der Waals surface area contributed by atoms with Gasteiger partial charge in [0.25, 0.3) is 0 Å². The van der Waals surface area contributed by atoms with Crippen LogP contribution in [0.2, 0.25) is 0 Å². The Kier molecular flexibility index (Phi) is 5.09. The summed E-state index contributed by atoms with van der Waals surface area (Å²) in [5, 5.41) is 12.2. The molecule has 1 heterocycles. The molecule has 1 atom stereocenters. The molecule has 0 bridgehead atoms. The lowest BCUT2D eigenvalue weighted by atomic mass is 10.0. The van der Waals surface area contributed by atoms with Crippen LogP contribution in [0, 0.1) is 0 Å². The smallest absolute Gasteiger partial charge is 0.119 e. The van der Waals surface area contributed by atoms with Crippen molar-refractivity contribution >= 4 is 0 Å². The minimum atomic E-state index is 0.247. The van der Waals surface area contributed by atoms with E-state index in [4.69, 9.17) is 9.84 Å². The van der Waals surface area contributed by atoms with E-state index in [1.807, 2.05) is 12.1 Å². The van der Waals surface area contributed by atoms with Gasteiger partial charge in [0.2, 0.25) is 0 Å². The van der Waals surface area contributed by atoms with Gasteiger partial charge in [-0.05, 0) is 54.6 Å². The van der Waals surface area contributed by atoms with Crippen LogP contribution < -0.4 is 10.1 Å². The molecule has 0 aliphatic carbocycles. The second kappa shape index (κ2) is 7.43. The van der Waals surface area contributed by atoms with Crippen LogP contribution in [0.25, 0.3) is 11.1 Å². The van der Waals surface area contributed by atoms with Crippen LogP contribution in [0.3, 0.4) is 0 Å². The SMILES string of the molecule is OCCCc1ccc(-c2cccc(OC[C@@H]3CCN3)c2)cc1. The molecule has 2 aromatic carbocycles. The Morgan fingerprint density at radius 3 is 2.59 bits per heavy atom. The Bertz CT molecular complexity index is 591. The molecule has 3 nitrogen and oxygen atoms in total. The molecule has 1 fully saturated rings. The number of benzene rings is 2. The van der Waals surface area contributed by atoms with Crippen molar-refractivity contribution < 1.29 is 9.84 Å². The predicted molar refractivity (Wildman–Crippen MR) is 89.2 cm³/mol. The zero-order valence-corrected chi connectivity index (χ0v) is 12.8. The van der Waals surface area contributed by atoms with Crippen LogP contribution in [0.15, 0.2) is 48.5 Å². The maximum absolute atomic E-state index is 8.88. The number of ether oxygens (including phenoxy) is 1. The molecule has 3 heteroatoms. The van der Waals surface area contributed by atoms with E-state index in [1.165, 1.54) is 23.1 Å². The Morgan fingerprint density at radius 1 is 1.09 bits per heavy atom. The maximum Gasteiger partial charge on any atom is 0.119 e. The molecule has 0 aromatic heterocycles. The summed E-state index contributed by atoms with van der Waals surface area (Å²) in [6, 6.07) is 17.3. The van der Waals surface area contributed by atoms with Crippen molar-refractivity contribution in [3.63, 3.8) is 0 Å².